The van der Waals surface area contributed by atoms with Gasteiger partial charge in [-0.2, -0.15) is 5.26 Å². The van der Waals surface area contributed by atoms with Gasteiger partial charge in [0.05, 0.1) is 12.5 Å². The van der Waals surface area contributed by atoms with Crippen LogP contribution >= 0.6 is 56.7 Å². The smallest absolute Gasteiger partial charge is 0.0641 e. The van der Waals surface area contributed by atoms with Gasteiger partial charge >= 0.3 is 0 Å². The monoisotopic (exact) mass is 443 g/mol. The van der Waals surface area contributed by atoms with Crippen molar-refractivity contribution in [2.45, 2.75) is 12.5 Å². The quantitative estimate of drug-likeness (QED) is 0.766. The third-order valence-electron chi connectivity index (χ3n) is 3.21. The summed E-state index contributed by atoms with van der Waals surface area (Å²) in [6.45, 7) is 4.00. The molecule has 0 radical (unpaired) electrons. The lowest BCUT2D eigenvalue weighted by Gasteiger charge is -2.34. The SMILES string of the molecule is Cl.Cl.N#CC[C@H](c1ccc(Br)c(Br)c1)N1CCNCC1. The van der Waals surface area contributed by atoms with E-state index in [1.165, 1.54) is 5.56 Å². The molecule has 1 N–H and O–H groups in total. The number of hydrogen-bond acceptors (Lipinski definition) is 3. The molecule has 1 aromatic rings. The minimum absolute atomic E-state index is 0. The second-order valence-electron chi connectivity index (χ2n) is 4.34. The average Bonchev–Trinajstić information content (AvgIpc) is 2.40. The lowest BCUT2D eigenvalue weighted by Crippen LogP contribution is -2.45. The Balaban J connectivity index is 0.00000180. The van der Waals surface area contributed by atoms with Gasteiger partial charge in [0.2, 0.25) is 0 Å². The van der Waals surface area contributed by atoms with Crippen LogP contribution in [0.2, 0.25) is 0 Å². The lowest BCUT2D eigenvalue weighted by atomic mass is 10.0. The number of hydrogen-bond donors (Lipinski definition) is 1. The number of nitrogens with zero attached hydrogens (tertiary/aromatic N) is 2. The van der Waals surface area contributed by atoms with Crippen molar-refractivity contribution in [3.63, 3.8) is 0 Å². The van der Waals surface area contributed by atoms with Crippen LogP contribution in [0.1, 0.15) is 18.0 Å². The fourth-order valence-corrected chi connectivity index (χ4v) is 2.90. The molecule has 0 bridgehead atoms. The average molecular weight is 446 g/mol. The molecule has 20 heavy (non-hydrogen) atoms. The van der Waals surface area contributed by atoms with Crippen LogP contribution in [-0.2, 0) is 0 Å². The van der Waals surface area contributed by atoms with Crippen molar-refractivity contribution in [1.82, 2.24) is 10.2 Å². The van der Waals surface area contributed by atoms with Gasteiger partial charge in [0.1, 0.15) is 0 Å². The van der Waals surface area contributed by atoms with E-state index in [1.807, 2.05) is 6.07 Å². The second-order valence-corrected chi connectivity index (χ2v) is 6.05. The maximum absolute atomic E-state index is 9.04. The van der Waals surface area contributed by atoms with Crippen molar-refractivity contribution >= 4 is 56.7 Å². The molecule has 1 atom stereocenters. The molecule has 0 amide bonds. The van der Waals surface area contributed by atoms with Crippen molar-refractivity contribution in [2.75, 3.05) is 26.2 Å². The van der Waals surface area contributed by atoms with Crippen molar-refractivity contribution in [1.29, 1.82) is 5.26 Å². The fourth-order valence-electron chi connectivity index (χ4n) is 2.26. The predicted molar refractivity (Wildman–Crippen MR) is 93.8 cm³/mol. The van der Waals surface area contributed by atoms with Crippen molar-refractivity contribution < 1.29 is 0 Å². The van der Waals surface area contributed by atoms with Crippen molar-refractivity contribution in [3.05, 3.63) is 32.7 Å². The van der Waals surface area contributed by atoms with Gasteiger partial charge in [0.15, 0.2) is 0 Å². The zero-order valence-corrected chi connectivity index (χ0v) is 15.6. The molecule has 0 aliphatic carbocycles. The summed E-state index contributed by atoms with van der Waals surface area (Å²) >= 11 is 7.01. The molecule has 1 heterocycles. The molecule has 0 saturated carbocycles. The van der Waals surface area contributed by atoms with E-state index < -0.39 is 0 Å². The molecule has 7 heteroatoms. The van der Waals surface area contributed by atoms with E-state index in [2.05, 4.69) is 60.3 Å². The molecule has 1 saturated heterocycles. The van der Waals surface area contributed by atoms with E-state index in [-0.39, 0.29) is 30.9 Å². The highest BCUT2D eigenvalue weighted by atomic mass is 79.9. The van der Waals surface area contributed by atoms with Crippen LogP contribution in [0.4, 0.5) is 0 Å². The van der Waals surface area contributed by atoms with Crippen molar-refractivity contribution in [2.24, 2.45) is 0 Å². The third-order valence-corrected chi connectivity index (χ3v) is 5.09. The molecule has 2 rings (SSSR count). The number of halogens is 4. The number of piperazine rings is 1. The van der Waals surface area contributed by atoms with Gasteiger partial charge in [0.25, 0.3) is 0 Å². The maximum Gasteiger partial charge on any atom is 0.0641 e. The predicted octanol–water partition coefficient (Wildman–Crippen LogP) is 3.92. The minimum atomic E-state index is 0. The molecular formula is C13H17Br2Cl2N3. The Kier molecular flexibility index (Phi) is 10.1. The van der Waals surface area contributed by atoms with Gasteiger partial charge in [-0.1, -0.05) is 6.07 Å². The molecule has 1 fully saturated rings. The lowest BCUT2D eigenvalue weighted by molar-refractivity contribution is 0.175. The van der Waals surface area contributed by atoms with Crippen LogP contribution < -0.4 is 5.32 Å². The Morgan fingerprint density at radius 2 is 1.85 bits per heavy atom. The maximum atomic E-state index is 9.04. The first kappa shape index (κ1) is 20.2. The summed E-state index contributed by atoms with van der Waals surface area (Å²) in [7, 11) is 0. The van der Waals surface area contributed by atoms with E-state index >= 15 is 0 Å². The first-order valence-corrected chi connectivity index (χ1v) is 7.57. The Labute approximate surface area is 149 Å². The topological polar surface area (TPSA) is 39.1 Å². The molecule has 1 aromatic carbocycles. The highest BCUT2D eigenvalue weighted by Gasteiger charge is 2.22. The molecule has 0 unspecified atom stereocenters. The van der Waals surface area contributed by atoms with Gasteiger partial charge in [-0.15, -0.1) is 24.8 Å². The Bertz CT molecular complexity index is 459. The molecule has 112 valence electrons. The fraction of sp³-hybridized carbons (Fsp3) is 0.462. The van der Waals surface area contributed by atoms with E-state index in [9.17, 15) is 0 Å². The number of nitriles is 1. The summed E-state index contributed by atoms with van der Waals surface area (Å²) in [5.41, 5.74) is 1.20. The standard InChI is InChI=1S/C13H15Br2N3.2ClH/c14-11-2-1-10(9-12(11)15)13(3-4-16)18-7-5-17-6-8-18;;/h1-2,9,13,17H,3,5-8H2;2*1H/t13-;;/m1../s1. The number of nitrogens with one attached hydrogen (secondary N) is 1. The minimum Gasteiger partial charge on any atom is -0.314 e. The van der Waals surface area contributed by atoms with Crippen LogP contribution in [0.3, 0.4) is 0 Å². The van der Waals surface area contributed by atoms with Crippen LogP contribution in [0.25, 0.3) is 0 Å². The van der Waals surface area contributed by atoms with Gasteiger partial charge in [-0.25, -0.2) is 0 Å². The zero-order chi connectivity index (χ0) is 13.0. The van der Waals surface area contributed by atoms with Crippen LogP contribution in [-0.4, -0.2) is 31.1 Å². The molecule has 3 nitrogen and oxygen atoms in total. The number of rotatable bonds is 3. The first-order chi connectivity index (χ1) is 8.72. The van der Waals surface area contributed by atoms with E-state index in [1.54, 1.807) is 0 Å². The largest absolute Gasteiger partial charge is 0.314 e. The third kappa shape index (κ3) is 5.18. The number of benzene rings is 1. The summed E-state index contributed by atoms with van der Waals surface area (Å²) < 4.78 is 2.08. The molecule has 1 aliphatic rings. The molecule has 0 aromatic heterocycles. The Morgan fingerprint density at radius 3 is 2.40 bits per heavy atom. The summed E-state index contributed by atoms with van der Waals surface area (Å²) in [6.07, 6.45) is 0.536. The van der Waals surface area contributed by atoms with Crippen molar-refractivity contribution in [3.8, 4) is 6.07 Å². The van der Waals surface area contributed by atoms with Crippen LogP contribution in [0, 0.1) is 11.3 Å². The van der Waals surface area contributed by atoms with Gasteiger partial charge in [-0.05, 0) is 49.6 Å². The summed E-state index contributed by atoms with van der Waals surface area (Å²) in [6, 6.07) is 8.74. The molecule has 0 spiro atoms. The van der Waals surface area contributed by atoms with Crippen LogP contribution in [0.5, 0.6) is 0 Å². The first-order valence-electron chi connectivity index (χ1n) is 5.99. The summed E-state index contributed by atoms with van der Waals surface area (Å²) in [5.74, 6) is 0. The Morgan fingerprint density at radius 1 is 1.20 bits per heavy atom. The zero-order valence-electron chi connectivity index (χ0n) is 10.8. The normalized spacial score (nSPS) is 16.4. The molecule has 1 aliphatic heterocycles. The molecular weight excluding hydrogens is 429 g/mol. The van der Waals surface area contributed by atoms with Crippen LogP contribution in [0.15, 0.2) is 27.1 Å². The van der Waals surface area contributed by atoms with E-state index in [0.29, 0.717) is 6.42 Å². The summed E-state index contributed by atoms with van der Waals surface area (Å²) in [4.78, 5) is 2.38. The van der Waals surface area contributed by atoms with Gasteiger partial charge in [-0.3, -0.25) is 4.90 Å². The van der Waals surface area contributed by atoms with E-state index in [4.69, 9.17) is 5.26 Å². The second kappa shape index (κ2) is 9.99. The Hall–Kier alpha value is 0.170. The highest BCUT2D eigenvalue weighted by Crippen LogP contribution is 2.30. The van der Waals surface area contributed by atoms with Gasteiger partial charge < -0.3 is 5.32 Å². The van der Waals surface area contributed by atoms with Gasteiger partial charge in [0, 0.05) is 41.2 Å². The summed E-state index contributed by atoms with van der Waals surface area (Å²) in [5, 5.41) is 12.4. The van der Waals surface area contributed by atoms with E-state index in [0.717, 1.165) is 35.1 Å². The highest BCUT2D eigenvalue weighted by molar-refractivity contribution is 9.13.